The van der Waals surface area contributed by atoms with Crippen LogP contribution < -0.4 is 11.1 Å². The number of hydrogen-bond donors (Lipinski definition) is 2. The monoisotopic (exact) mass is 488 g/mol. The van der Waals surface area contributed by atoms with Crippen LogP contribution in [0.25, 0.3) is 0 Å². The number of likely N-dealkylation sites (tertiary alicyclic amines) is 1. The van der Waals surface area contributed by atoms with Gasteiger partial charge in [0.05, 0.1) is 0 Å². The zero-order valence-electron chi connectivity index (χ0n) is 16.8. The first kappa shape index (κ1) is 23.5. The van der Waals surface area contributed by atoms with Gasteiger partial charge >= 0.3 is 6.09 Å². The summed E-state index contributed by atoms with van der Waals surface area (Å²) in [7, 11) is 0. The Morgan fingerprint density at radius 3 is 2.81 bits per heavy atom. The third-order valence-corrected chi connectivity index (χ3v) is 4.28. The highest BCUT2D eigenvalue weighted by Crippen LogP contribution is 2.21. The van der Waals surface area contributed by atoms with Gasteiger partial charge in [-0.1, -0.05) is 12.1 Å². The second-order valence-corrected chi connectivity index (χ2v) is 7.98. The van der Waals surface area contributed by atoms with Crippen molar-refractivity contribution in [3.63, 3.8) is 0 Å². The molecule has 1 fully saturated rings. The Morgan fingerprint density at radius 2 is 2.15 bits per heavy atom. The highest BCUT2D eigenvalue weighted by molar-refractivity contribution is 14.0. The molecule has 0 spiro atoms. The van der Waals surface area contributed by atoms with Crippen LogP contribution in [-0.2, 0) is 4.74 Å². The van der Waals surface area contributed by atoms with Gasteiger partial charge in [0.15, 0.2) is 5.96 Å². The van der Waals surface area contributed by atoms with Crippen LogP contribution in [0.2, 0.25) is 0 Å². The minimum Gasteiger partial charge on any atom is -0.444 e. The Hall–Kier alpha value is -1.51. The minimum atomic E-state index is -0.454. The van der Waals surface area contributed by atoms with Crippen molar-refractivity contribution in [2.45, 2.75) is 52.6 Å². The number of amides is 1. The highest BCUT2D eigenvalue weighted by atomic mass is 127. The van der Waals surface area contributed by atoms with Crippen LogP contribution in [0, 0.1) is 12.8 Å². The Labute approximate surface area is 179 Å². The number of carbonyl (C=O) groups is 1. The zero-order valence-corrected chi connectivity index (χ0v) is 19.2. The summed E-state index contributed by atoms with van der Waals surface area (Å²) in [5.74, 6) is 0.863. The summed E-state index contributed by atoms with van der Waals surface area (Å²) in [6, 6.07) is 8.02. The molecule has 7 heteroatoms. The molecule has 1 aliphatic rings. The lowest BCUT2D eigenvalue weighted by Gasteiger charge is -2.34. The Morgan fingerprint density at radius 1 is 1.41 bits per heavy atom. The summed E-state index contributed by atoms with van der Waals surface area (Å²) in [6.45, 7) is 9.87. The number of guanidine groups is 1. The number of aliphatic imine (C=N–C) groups is 1. The molecule has 0 bridgehead atoms. The number of aryl methyl sites for hydroxylation is 1. The minimum absolute atomic E-state index is 0. The predicted octanol–water partition coefficient (Wildman–Crippen LogP) is 4.38. The zero-order chi connectivity index (χ0) is 19.2. The highest BCUT2D eigenvalue weighted by Gasteiger charge is 2.27. The number of hydrogen-bond acceptors (Lipinski definition) is 3. The largest absolute Gasteiger partial charge is 0.444 e. The molecule has 3 N–H and O–H groups in total. The van der Waals surface area contributed by atoms with Gasteiger partial charge in [0, 0.05) is 25.3 Å². The van der Waals surface area contributed by atoms with Gasteiger partial charge in [-0.25, -0.2) is 4.79 Å². The van der Waals surface area contributed by atoms with E-state index in [1.807, 2.05) is 56.9 Å². The molecule has 152 valence electrons. The van der Waals surface area contributed by atoms with E-state index in [0.717, 1.165) is 38.0 Å². The number of halogens is 1. The van der Waals surface area contributed by atoms with E-state index in [1.165, 1.54) is 5.56 Å². The van der Waals surface area contributed by atoms with E-state index >= 15 is 0 Å². The van der Waals surface area contributed by atoms with E-state index in [-0.39, 0.29) is 30.1 Å². The quantitative estimate of drug-likeness (QED) is 0.375. The number of rotatable bonds is 4. The third kappa shape index (κ3) is 8.81. The second-order valence-electron chi connectivity index (χ2n) is 7.98. The van der Waals surface area contributed by atoms with E-state index in [4.69, 9.17) is 10.5 Å². The van der Waals surface area contributed by atoms with Crippen molar-refractivity contribution in [1.82, 2.24) is 4.90 Å². The molecule has 1 saturated heterocycles. The van der Waals surface area contributed by atoms with E-state index in [0.29, 0.717) is 18.4 Å². The van der Waals surface area contributed by atoms with Crippen molar-refractivity contribution in [2.75, 3.05) is 25.0 Å². The van der Waals surface area contributed by atoms with E-state index in [2.05, 4.69) is 10.3 Å². The Balaban J connectivity index is 0.00000364. The lowest BCUT2D eigenvalue weighted by Crippen LogP contribution is -2.43. The maximum Gasteiger partial charge on any atom is 0.410 e. The number of ether oxygens (including phenoxy) is 1. The fraction of sp³-hybridized carbons (Fsp3) is 0.600. The van der Waals surface area contributed by atoms with Gasteiger partial charge in [-0.05, 0) is 70.6 Å². The van der Waals surface area contributed by atoms with Crippen LogP contribution in [0.15, 0.2) is 29.3 Å². The molecule has 1 atom stereocenters. The van der Waals surface area contributed by atoms with Gasteiger partial charge in [-0.3, -0.25) is 4.99 Å². The van der Waals surface area contributed by atoms with Gasteiger partial charge in [0.2, 0.25) is 0 Å². The number of nitrogens with zero attached hydrogens (tertiary/aromatic N) is 2. The molecule has 0 saturated carbocycles. The SMILES string of the molecule is Cc1cccc(NC(N)=NCCC2CCCN(C(=O)OC(C)(C)C)C2)c1.I. The van der Waals surface area contributed by atoms with Crippen LogP contribution in [0.1, 0.15) is 45.6 Å². The number of anilines is 1. The molecule has 0 aromatic heterocycles. The first-order chi connectivity index (χ1) is 12.2. The molecule has 1 unspecified atom stereocenters. The van der Waals surface area contributed by atoms with Crippen molar-refractivity contribution in [2.24, 2.45) is 16.6 Å². The maximum atomic E-state index is 12.2. The molecule has 1 aliphatic heterocycles. The number of carbonyl (C=O) groups excluding carboxylic acids is 1. The number of benzene rings is 1. The number of nitrogens with one attached hydrogen (secondary N) is 1. The smallest absolute Gasteiger partial charge is 0.410 e. The topological polar surface area (TPSA) is 80.0 Å². The number of nitrogens with two attached hydrogens (primary N) is 1. The molecule has 1 aromatic rings. The molecular formula is C20H33IN4O2. The van der Waals surface area contributed by atoms with E-state index in [9.17, 15) is 4.79 Å². The molecule has 0 radical (unpaired) electrons. The van der Waals surface area contributed by atoms with Gasteiger partial charge in [-0.15, -0.1) is 24.0 Å². The summed E-state index contributed by atoms with van der Waals surface area (Å²) in [5, 5.41) is 3.12. The summed E-state index contributed by atoms with van der Waals surface area (Å²) in [5.41, 5.74) is 7.63. The molecule has 2 rings (SSSR count). The van der Waals surface area contributed by atoms with E-state index < -0.39 is 5.60 Å². The Bertz CT molecular complexity index is 643. The average molecular weight is 488 g/mol. The molecule has 27 heavy (non-hydrogen) atoms. The van der Waals surface area contributed by atoms with Crippen molar-refractivity contribution < 1.29 is 9.53 Å². The number of piperidine rings is 1. The van der Waals surface area contributed by atoms with Crippen molar-refractivity contribution >= 4 is 41.7 Å². The van der Waals surface area contributed by atoms with Crippen LogP contribution in [-0.4, -0.2) is 42.2 Å². The summed E-state index contributed by atoms with van der Waals surface area (Å²) in [4.78, 5) is 18.5. The molecule has 0 aliphatic carbocycles. The lowest BCUT2D eigenvalue weighted by molar-refractivity contribution is 0.0163. The molecule has 1 amide bonds. The van der Waals surface area contributed by atoms with Crippen LogP contribution in [0.3, 0.4) is 0 Å². The fourth-order valence-electron chi connectivity index (χ4n) is 3.07. The van der Waals surface area contributed by atoms with Gasteiger partial charge in [-0.2, -0.15) is 0 Å². The van der Waals surface area contributed by atoms with Crippen molar-refractivity contribution in [3.8, 4) is 0 Å². The molecule has 1 heterocycles. The Kier molecular flexibility index (Phi) is 9.35. The van der Waals surface area contributed by atoms with Gasteiger partial charge < -0.3 is 20.7 Å². The first-order valence-corrected chi connectivity index (χ1v) is 9.34. The van der Waals surface area contributed by atoms with Crippen molar-refractivity contribution in [1.29, 1.82) is 0 Å². The summed E-state index contributed by atoms with van der Waals surface area (Å²) in [6.07, 6.45) is 2.81. The third-order valence-electron chi connectivity index (χ3n) is 4.28. The summed E-state index contributed by atoms with van der Waals surface area (Å²) < 4.78 is 5.47. The first-order valence-electron chi connectivity index (χ1n) is 9.34. The lowest BCUT2D eigenvalue weighted by atomic mass is 9.95. The van der Waals surface area contributed by atoms with Crippen LogP contribution >= 0.6 is 24.0 Å². The maximum absolute atomic E-state index is 12.2. The van der Waals surface area contributed by atoms with Crippen molar-refractivity contribution in [3.05, 3.63) is 29.8 Å². The molecular weight excluding hydrogens is 455 g/mol. The fourth-order valence-corrected chi connectivity index (χ4v) is 3.07. The van der Waals surface area contributed by atoms with Gasteiger partial charge in [0.1, 0.15) is 5.60 Å². The molecule has 1 aromatic carbocycles. The predicted molar refractivity (Wildman–Crippen MR) is 122 cm³/mol. The second kappa shape index (κ2) is 10.7. The average Bonchev–Trinajstić information content (AvgIpc) is 2.53. The summed E-state index contributed by atoms with van der Waals surface area (Å²) >= 11 is 0. The van der Waals surface area contributed by atoms with E-state index in [1.54, 1.807) is 0 Å². The molecule has 6 nitrogen and oxygen atoms in total. The van der Waals surface area contributed by atoms with Gasteiger partial charge in [0.25, 0.3) is 0 Å². The standard InChI is InChI=1S/C20H32N4O2.HI/c1-15-7-5-9-17(13-15)23-18(21)22-11-10-16-8-6-12-24(14-16)19(25)26-20(2,3)4;/h5,7,9,13,16H,6,8,10-12,14H2,1-4H3,(H3,21,22,23);1H. The normalized spacial score (nSPS) is 17.9. The van der Waals surface area contributed by atoms with Crippen LogP contribution in [0.5, 0.6) is 0 Å². The van der Waals surface area contributed by atoms with Crippen LogP contribution in [0.4, 0.5) is 10.5 Å².